The van der Waals surface area contributed by atoms with Crippen LogP contribution in [0.25, 0.3) is 0 Å². The molecule has 2 rings (SSSR count). The van der Waals surface area contributed by atoms with E-state index in [0.717, 1.165) is 0 Å². The molecule has 0 aromatic heterocycles. The average molecular weight is 365 g/mol. The quantitative estimate of drug-likeness (QED) is 0.633. The molecular formula is C14H23NO8S. The summed E-state index contributed by atoms with van der Waals surface area (Å²) < 4.78 is 45.6. The van der Waals surface area contributed by atoms with Gasteiger partial charge >= 0.3 is 22.4 Å². The second-order valence-corrected chi connectivity index (χ2v) is 9.14. The van der Waals surface area contributed by atoms with E-state index in [9.17, 15) is 18.0 Å². The summed E-state index contributed by atoms with van der Waals surface area (Å²) in [6, 6.07) is 0. The van der Waals surface area contributed by atoms with Crippen molar-refractivity contribution in [1.82, 2.24) is 4.31 Å². The third-order valence-corrected chi connectivity index (χ3v) is 4.66. The van der Waals surface area contributed by atoms with E-state index in [1.165, 1.54) is 0 Å². The third-order valence-electron chi connectivity index (χ3n) is 3.26. The molecule has 2 heterocycles. The van der Waals surface area contributed by atoms with Gasteiger partial charge in [0.2, 0.25) is 5.54 Å². The molecule has 0 aliphatic carbocycles. The summed E-state index contributed by atoms with van der Waals surface area (Å²) in [5, 5.41) is 0. The molecule has 0 aromatic carbocycles. The van der Waals surface area contributed by atoms with Gasteiger partial charge in [-0.15, -0.1) is 0 Å². The highest BCUT2D eigenvalue weighted by Crippen LogP contribution is 2.42. The van der Waals surface area contributed by atoms with E-state index >= 15 is 0 Å². The molecule has 2 aliphatic rings. The predicted octanol–water partition coefficient (Wildman–Crippen LogP) is 0.978. The molecule has 0 unspecified atom stereocenters. The van der Waals surface area contributed by atoms with Crippen LogP contribution < -0.4 is 0 Å². The number of hydrogen-bond donors (Lipinski definition) is 0. The monoisotopic (exact) mass is 365 g/mol. The Hall–Kier alpha value is -1.39. The van der Waals surface area contributed by atoms with E-state index < -0.39 is 45.2 Å². The summed E-state index contributed by atoms with van der Waals surface area (Å²) in [6.07, 6.45) is -2.38. The Morgan fingerprint density at radius 3 is 2.12 bits per heavy atom. The fourth-order valence-electron chi connectivity index (χ4n) is 2.44. The molecule has 0 bridgehead atoms. The maximum atomic E-state index is 12.7. The molecule has 10 heteroatoms. The molecule has 0 aromatic rings. The number of esters is 1. The molecule has 1 amide bonds. The fourth-order valence-corrected chi connectivity index (χ4v) is 3.89. The van der Waals surface area contributed by atoms with Gasteiger partial charge in [-0.3, -0.25) is 0 Å². The Morgan fingerprint density at radius 2 is 1.62 bits per heavy atom. The zero-order valence-corrected chi connectivity index (χ0v) is 15.4. The van der Waals surface area contributed by atoms with Crippen molar-refractivity contribution < 1.29 is 36.4 Å². The van der Waals surface area contributed by atoms with Crippen molar-refractivity contribution in [3.63, 3.8) is 0 Å². The largest absolute Gasteiger partial charge is 0.458 e. The Morgan fingerprint density at radius 1 is 1.08 bits per heavy atom. The van der Waals surface area contributed by atoms with E-state index in [0.29, 0.717) is 4.31 Å². The number of ether oxygens (including phenoxy) is 3. The van der Waals surface area contributed by atoms with Gasteiger partial charge in [0, 0.05) is 0 Å². The van der Waals surface area contributed by atoms with Gasteiger partial charge in [-0.25, -0.2) is 13.8 Å². The minimum atomic E-state index is -4.50. The van der Waals surface area contributed by atoms with Crippen LogP contribution in [-0.4, -0.2) is 60.8 Å². The second kappa shape index (κ2) is 5.57. The molecule has 0 radical (unpaired) electrons. The standard InChI is InChI=1S/C14H23NO8S/c1-12(2,3)21-10(16)14-8-20-7-9(14)23-24(18,19)15(14)11(17)22-13(4,5)6/h9H,7-8H2,1-6H3/t9-,14-/m1/s1. The first-order valence-corrected chi connectivity index (χ1v) is 8.83. The van der Waals surface area contributed by atoms with Gasteiger partial charge in [0.1, 0.15) is 17.3 Å². The van der Waals surface area contributed by atoms with Crippen LogP contribution in [0.4, 0.5) is 4.79 Å². The number of carbonyl (C=O) groups excluding carboxylic acids is 2. The van der Waals surface area contributed by atoms with Gasteiger partial charge in [0.05, 0.1) is 13.2 Å². The molecule has 138 valence electrons. The number of rotatable bonds is 1. The highest BCUT2D eigenvalue weighted by atomic mass is 32.2. The van der Waals surface area contributed by atoms with Gasteiger partial charge < -0.3 is 14.2 Å². The summed E-state index contributed by atoms with van der Waals surface area (Å²) >= 11 is 0. The van der Waals surface area contributed by atoms with E-state index in [2.05, 4.69) is 0 Å². The third kappa shape index (κ3) is 3.35. The average Bonchev–Trinajstić information content (AvgIpc) is 2.76. The van der Waals surface area contributed by atoms with Crippen molar-refractivity contribution >= 4 is 22.4 Å². The van der Waals surface area contributed by atoms with Gasteiger partial charge in [0.15, 0.2) is 0 Å². The van der Waals surface area contributed by atoms with Crippen LogP contribution in [0.1, 0.15) is 41.5 Å². The van der Waals surface area contributed by atoms with Crippen molar-refractivity contribution in [2.45, 2.75) is 64.4 Å². The Bertz CT molecular complexity index is 645. The maximum absolute atomic E-state index is 12.7. The molecule has 0 spiro atoms. The van der Waals surface area contributed by atoms with E-state index in [-0.39, 0.29) is 13.2 Å². The maximum Gasteiger partial charge on any atom is 0.427 e. The number of fused-ring (bicyclic) bond motifs is 1. The SMILES string of the molecule is CC(C)(C)OC(=O)N1[C@]2(C(=O)OC(C)(C)C)COC[C@H]2OS1(=O)=O. The summed E-state index contributed by atoms with van der Waals surface area (Å²) in [5.41, 5.74) is -3.77. The summed E-state index contributed by atoms with van der Waals surface area (Å²) in [7, 11) is -4.50. The molecule has 24 heavy (non-hydrogen) atoms. The lowest BCUT2D eigenvalue weighted by Crippen LogP contribution is -2.61. The zero-order chi connectivity index (χ0) is 18.6. The lowest BCUT2D eigenvalue weighted by molar-refractivity contribution is -0.167. The van der Waals surface area contributed by atoms with Gasteiger partial charge in [-0.1, -0.05) is 0 Å². The van der Waals surface area contributed by atoms with E-state index in [1.807, 2.05) is 0 Å². The lowest BCUT2D eigenvalue weighted by atomic mass is 9.95. The van der Waals surface area contributed by atoms with Crippen molar-refractivity contribution in [3.8, 4) is 0 Å². The first-order chi connectivity index (χ1) is 10.7. The normalized spacial score (nSPS) is 29.2. The van der Waals surface area contributed by atoms with Crippen LogP contribution in [0.3, 0.4) is 0 Å². The van der Waals surface area contributed by atoms with Crippen LogP contribution in [0, 0.1) is 0 Å². The van der Waals surface area contributed by atoms with E-state index in [1.54, 1.807) is 41.5 Å². The number of hydrogen-bond acceptors (Lipinski definition) is 8. The van der Waals surface area contributed by atoms with Crippen LogP contribution in [0.2, 0.25) is 0 Å². The summed E-state index contributed by atoms with van der Waals surface area (Å²) in [6.45, 7) is 9.13. The molecular weight excluding hydrogens is 342 g/mol. The summed E-state index contributed by atoms with van der Waals surface area (Å²) in [4.78, 5) is 25.2. The molecule has 2 fully saturated rings. The van der Waals surface area contributed by atoms with Gasteiger partial charge in [-0.05, 0) is 41.5 Å². The zero-order valence-electron chi connectivity index (χ0n) is 14.6. The Balaban J connectivity index is 2.47. The van der Waals surface area contributed by atoms with Crippen molar-refractivity contribution in [1.29, 1.82) is 0 Å². The highest BCUT2D eigenvalue weighted by molar-refractivity contribution is 7.85. The minimum absolute atomic E-state index is 0.155. The fraction of sp³-hybridized carbons (Fsp3) is 0.857. The molecule has 0 N–H and O–H groups in total. The van der Waals surface area contributed by atoms with Crippen LogP contribution >= 0.6 is 0 Å². The molecule has 2 aliphatic heterocycles. The first kappa shape index (κ1) is 18.9. The van der Waals surface area contributed by atoms with Crippen LogP contribution in [0.5, 0.6) is 0 Å². The van der Waals surface area contributed by atoms with Crippen LogP contribution in [-0.2, 0) is 33.5 Å². The summed E-state index contributed by atoms with van der Waals surface area (Å²) in [5.74, 6) is -0.913. The molecule has 0 saturated carbocycles. The van der Waals surface area contributed by atoms with Gasteiger partial charge in [0.25, 0.3) is 0 Å². The van der Waals surface area contributed by atoms with Crippen LogP contribution in [0.15, 0.2) is 0 Å². The molecule has 9 nitrogen and oxygen atoms in total. The highest BCUT2D eigenvalue weighted by Gasteiger charge is 2.70. The second-order valence-electron chi connectivity index (χ2n) is 7.73. The topological polar surface area (TPSA) is 108 Å². The number of nitrogens with zero attached hydrogens (tertiary/aromatic N) is 1. The van der Waals surface area contributed by atoms with Gasteiger partial charge in [-0.2, -0.15) is 12.7 Å². The smallest absolute Gasteiger partial charge is 0.427 e. The van der Waals surface area contributed by atoms with Crippen molar-refractivity contribution in [2.75, 3.05) is 13.2 Å². The first-order valence-electron chi connectivity index (χ1n) is 7.47. The lowest BCUT2D eigenvalue weighted by Gasteiger charge is -2.34. The predicted molar refractivity (Wildman–Crippen MR) is 81.3 cm³/mol. The van der Waals surface area contributed by atoms with Crippen molar-refractivity contribution in [2.24, 2.45) is 0 Å². The van der Waals surface area contributed by atoms with Crippen molar-refractivity contribution in [3.05, 3.63) is 0 Å². The van der Waals surface area contributed by atoms with E-state index in [4.69, 9.17) is 18.4 Å². The molecule has 2 saturated heterocycles. The minimum Gasteiger partial charge on any atom is -0.458 e. The Labute approximate surface area is 141 Å². The Kier molecular flexibility index (Phi) is 4.39. The number of amides is 1. The number of carbonyl (C=O) groups is 2. The molecule has 2 atom stereocenters.